The van der Waals surface area contributed by atoms with Gasteiger partial charge in [-0.05, 0) is 31.0 Å². The molecule has 0 bridgehead atoms. The van der Waals surface area contributed by atoms with Crippen molar-refractivity contribution in [3.63, 3.8) is 0 Å². The maximum Gasteiger partial charge on any atom is 0.274 e. The van der Waals surface area contributed by atoms with Gasteiger partial charge in [-0.15, -0.1) is 0 Å². The van der Waals surface area contributed by atoms with E-state index in [9.17, 15) is 4.79 Å². The highest BCUT2D eigenvalue weighted by molar-refractivity contribution is 5.96. The molecule has 0 saturated heterocycles. The Morgan fingerprint density at radius 1 is 1.44 bits per heavy atom. The molecule has 1 aromatic heterocycles. The lowest BCUT2D eigenvalue weighted by Crippen LogP contribution is -2.18. The van der Waals surface area contributed by atoms with Crippen LogP contribution in [0.1, 0.15) is 48.8 Å². The molecular weight excluding hydrogens is 230 g/mol. The molecule has 0 aliphatic heterocycles. The van der Waals surface area contributed by atoms with Gasteiger partial charge in [0.1, 0.15) is 5.82 Å². The molecule has 0 spiro atoms. The summed E-state index contributed by atoms with van der Waals surface area (Å²) in [6.45, 7) is 4.26. The first-order valence-electron chi connectivity index (χ1n) is 6.13. The summed E-state index contributed by atoms with van der Waals surface area (Å²) < 4.78 is 0. The second-order valence-electron chi connectivity index (χ2n) is 4.31. The van der Waals surface area contributed by atoms with Gasteiger partial charge in [0.05, 0.1) is 11.0 Å². The maximum absolute atomic E-state index is 11.3. The van der Waals surface area contributed by atoms with Gasteiger partial charge >= 0.3 is 0 Å². The van der Waals surface area contributed by atoms with Crippen LogP contribution in [-0.4, -0.2) is 21.1 Å². The van der Waals surface area contributed by atoms with E-state index in [1.807, 2.05) is 0 Å². The summed E-state index contributed by atoms with van der Waals surface area (Å²) in [4.78, 5) is 19.1. The van der Waals surface area contributed by atoms with E-state index < -0.39 is 5.91 Å². The molecule has 96 valence electrons. The summed E-state index contributed by atoms with van der Waals surface area (Å²) in [6, 6.07) is 5.12. The van der Waals surface area contributed by atoms with E-state index in [2.05, 4.69) is 23.8 Å². The molecule has 0 aliphatic rings. The molecule has 3 N–H and O–H groups in total. The number of H-pyrrole nitrogens is 1. The molecule has 0 atom stereocenters. The van der Waals surface area contributed by atoms with Crippen molar-refractivity contribution in [2.24, 2.45) is 0 Å². The van der Waals surface area contributed by atoms with Crippen LogP contribution in [0.3, 0.4) is 0 Å². The standard InChI is InChI=1S/C13H17N3O2/c1-3-8(4-2)12-14-10-6-5-9(13(17)16-18)7-11(10)15-12/h5-8,18H,3-4H2,1-2H3,(H,14,15)(H,16,17). The Morgan fingerprint density at radius 2 is 2.17 bits per heavy atom. The van der Waals surface area contributed by atoms with E-state index >= 15 is 0 Å². The highest BCUT2D eigenvalue weighted by Crippen LogP contribution is 2.23. The highest BCUT2D eigenvalue weighted by atomic mass is 16.5. The van der Waals surface area contributed by atoms with E-state index in [4.69, 9.17) is 5.21 Å². The van der Waals surface area contributed by atoms with Crippen LogP contribution in [0, 0.1) is 0 Å². The molecule has 0 radical (unpaired) electrons. The van der Waals surface area contributed by atoms with Crippen molar-refractivity contribution in [2.45, 2.75) is 32.6 Å². The number of aromatic amines is 1. The Hall–Kier alpha value is -1.88. The first kappa shape index (κ1) is 12.6. The van der Waals surface area contributed by atoms with Gasteiger partial charge in [0.2, 0.25) is 0 Å². The van der Waals surface area contributed by atoms with Gasteiger partial charge in [0.25, 0.3) is 5.91 Å². The topological polar surface area (TPSA) is 78.0 Å². The number of fused-ring (bicyclic) bond motifs is 1. The van der Waals surface area contributed by atoms with Gasteiger partial charge in [-0.25, -0.2) is 10.5 Å². The number of carbonyl (C=O) groups excluding carboxylic acids is 1. The Morgan fingerprint density at radius 3 is 2.78 bits per heavy atom. The lowest BCUT2D eigenvalue weighted by Gasteiger charge is -2.07. The molecule has 1 amide bonds. The van der Waals surface area contributed by atoms with Gasteiger partial charge in [0, 0.05) is 11.5 Å². The fourth-order valence-corrected chi connectivity index (χ4v) is 2.10. The number of hydroxylamine groups is 1. The van der Waals surface area contributed by atoms with Crippen LogP contribution in [0.2, 0.25) is 0 Å². The molecule has 2 aromatic rings. The molecule has 18 heavy (non-hydrogen) atoms. The van der Waals surface area contributed by atoms with E-state index in [0.29, 0.717) is 11.5 Å². The summed E-state index contributed by atoms with van der Waals surface area (Å²) in [6.07, 6.45) is 2.06. The predicted octanol–water partition coefficient (Wildman–Crippen LogP) is 2.59. The Labute approximate surface area is 105 Å². The van der Waals surface area contributed by atoms with Crippen molar-refractivity contribution in [3.8, 4) is 0 Å². The third kappa shape index (κ3) is 2.22. The monoisotopic (exact) mass is 247 g/mol. The van der Waals surface area contributed by atoms with Gasteiger partial charge in [-0.2, -0.15) is 0 Å². The van der Waals surface area contributed by atoms with Gasteiger partial charge < -0.3 is 4.98 Å². The van der Waals surface area contributed by atoms with Crippen LogP contribution in [0.25, 0.3) is 11.0 Å². The molecule has 1 aromatic carbocycles. The summed E-state index contributed by atoms with van der Waals surface area (Å²) in [5.41, 5.74) is 3.69. The van der Waals surface area contributed by atoms with Crippen molar-refractivity contribution in [1.82, 2.24) is 15.4 Å². The predicted molar refractivity (Wildman–Crippen MR) is 68.7 cm³/mol. The minimum atomic E-state index is -0.518. The number of benzene rings is 1. The molecule has 0 saturated carbocycles. The summed E-state index contributed by atoms with van der Waals surface area (Å²) >= 11 is 0. The van der Waals surface area contributed by atoms with E-state index in [1.165, 1.54) is 0 Å². The Balaban J connectivity index is 2.42. The number of hydrogen-bond acceptors (Lipinski definition) is 3. The second-order valence-corrected chi connectivity index (χ2v) is 4.31. The molecule has 5 heteroatoms. The zero-order valence-corrected chi connectivity index (χ0v) is 10.5. The normalized spacial score (nSPS) is 11.1. The first-order valence-corrected chi connectivity index (χ1v) is 6.13. The number of aromatic nitrogens is 2. The average Bonchev–Trinajstić information content (AvgIpc) is 2.81. The van der Waals surface area contributed by atoms with Crippen LogP contribution in [-0.2, 0) is 0 Å². The largest absolute Gasteiger partial charge is 0.342 e. The molecule has 1 heterocycles. The summed E-state index contributed by atoms with van der Waals surface area (Å²) in [5.74, 6) is 0.847. The second kappa shape index (κ2) is 5.18. The number of nitrogens with zero attached hydrogens (tertiary/aromatic N) is 1. The Kier molecular flexibility index (Phi) is 3.62. The SMILES string of the molecule is CCC(CC)c1nc2ccc(C(=O)NO)cc2[nH]1. The lowest BCUT2D eigenvalue weighted by atomic mass is 10.0. The quantitative estimate of drug-likeness (QED) is 0.574. The third-order valence-corrected chi connectivity index (χ3v) is 3.24. The van der Waals surface area contributed by atoms with E-state index in [1.54, 1.807) is 23.7 Å². The minimum absolute atomic E-state index is 0.407. The molecule has 5 nitrogen and oxygen atoms in total. The van der Waals surface area contributed by atoms with Crippen LogP contribution in [0.15, 0.2) is 18.2 Å². The molecule has 0 unspecified atom stereocenters. The van der Waals surface area contributed by atoms with Gasteiger partial charge in [0.15, 0.2) is 0 Å². The third-order valence-electron chi connectivity index (χ3n) is 3.24. The fourth-order valence-electron chi connectivity index (χ4n) is 2.10. The first-order chi connectivity index (χ1) is 8.69. The van der Waals surface area contributed by atoms with E-state index in [-0.39, 0.29) is 0 Å². The van der Waals surface area contributed by atoms with Crippen LogP contribution >= 0.6 is 0 Å². The lowest BCUT2D eigenvalue weighted by molar-refractivity contribution is 0.0706. The van der Waals surface area contributed by atoms with Crippen molar-refractivity contribution in [3.05, 3.63) is 29.6 Å². The maximum atomic E-state index is 11.3. The minimum Gasteiger partial charge on any atom is -0.342 e. The fraction of sp³-hybridized carbons (Fsp3) is 0.385. The number of hydrogen-bond donors (Lipinski definition) is 3. The number of carbonyl (C=O) groups is 1. The smallest absolute Gasteiger partial charge is 0.274 e. The summed E-state index contributed by atoms with van der Waals surface area (Å²) in [5, 5.41) is 8.60. The molecule has 0 fully saturated rings. The average molecular weight is 247 g/mol. The number of nitrogens with one attached hydrogen (secondary N) is 2. The zero-order chi connectivity index (χ0) is 13.1. The van der Waals surface area contributed by atoms with E-state index in [0.717, 1.165) is 29.7 Å². The Bertz CT molecular complexity index is 558. The van der Waals surface area contributed by atoms with Gasteiger partial charge in [-0.3, -0.25) is 10.0 Å². The summed E-state index contributed by atoms with van der Waals surface area (Å²) in [7, 11) is 0. The molecular formula is C13H17N3O2. The van der Waals surface area contributed by atoms with Crippen LogP contribution in [0.5, 0.6) is 0 Å². The zero-order valence-electron chi connectivity index (χ0n) is 10.5. The molecule has 0 aliphatic carbocycles. The number of amides is 1. The van der Waals surface area contributed by atoms with Crippen LogP contribution < -0.4 is 5.48 Å². The molecule has 2 rings (SSSR count). The van der Waals surface area contributed by atoms with Crippen molar-refractivity contribution >= 4 is 16.9 Å². The van der Waals surface area contributed by atoms with Gasteiger partial charge in [-0.1, -0.05) is 13.8 Å². The van der Waals surface area contributed by atoms with Crippen LogP contribution in [0.4, 0.5) is 0 Å². The highest BCUT2D eigenvalue weighted by Gasteiger charge is 2.13. The van der Waals surface area contributed by atoms with Crippen molar-refractivity contribution in [2.75, 3.05) is 0 Å². The van der Waals surface area contributed by atoms with Crippen molar-refractivity contribution < 1.29 is 10.0 Å². The number of imidazole rings is 1. The van der Waals surface area contributed by atoms with Crippen molar-refractivity contribution in [1.29, 1.82) is 0 Å². The number of rotatable bonds is 4.